The maximum Gasteiger partial charge on any atom is 0.137 e. The summed E-state index contributed by atoms with van der Waals surface area (Å²) in [6, 6.07) is 37.4. The normalized spacial score (nSPS) is 21.2. The minimum absolute atomic E-state index is 0.0654. The van der Waals surface area contributed by atoms with Crippen molar-refractivity contribution in [1.82, 2.24) is 0 Å². The number of benzene rings is 4. The maximum absolute atomic E-state index is 13.5. The van der Waals surface area contributed by atoms with Gasteiger partial charge in [0.2, 0.25) is 0 Å². The van der Waals surface area contributed by atoms with Gasteiger partial charge in [-0.15, -0.1) is 11.3 Å². The summed E-state index contributed by atoms with van der Waals surface area (Å²) in [4.78, 5) is 2.31. The summed E-state index contributed by atoms with van der Waals surface area (Å²) < 4.78 is 26.9. The summed E-state index contributed by atoms with van der Waals surface area (Å²) in [7, 11) is 0. The molecule has 46 heavy (non-hydrogen) atoms. The van der Waals surface area contributed by atoms with Crippen LogP contribution in [0.25, 0.3) is 10.4 Å². The Kier molecular flexibility index (Phi) is 9.95. The van der Waals surface area contributed by atoms with Gasteiger partial charge in [-0.3, -0.25) is 0 Å². The van der Waals surface area contributed by atoms with E-state index in [1.807, 2.05) is 72.8 Å². The van der Waals surface area contributed by atoms with E-state index in [1.54, 1.807) is 11.3 Å². The van der Waals surface area contributed by atoms with E-state index >= 15 is 0 Å². The first-order valence-corrected chi connectivity index (χ1v) is 16.9. The monoisotopic (exact) mass is 632 g/mol. The van der Waals surface area contributed by atoms with Gasteiger partial charge in [0, 0.05) is 22.1 Å². The number of aryl methyl sites for hydroxylation is 1. The Hall–Kier alpha value is -3.87. The number of thiophene rings is 1. The van der Waals surface area contributed by atoms with E-state index in [9.17, 15) is 9.50 Å². The Bertz CT molecular complexity index is 1760. The largest absolute Gasteiger partial charge is 0.378 e. The lowest BCUT2D eigenvalue weighted by Crippen LogP contribution is -2.54. The van der Waals surface area contributed by atoms with E-state index in [2.05, 4.69) is 57.2 Å². The minimum Gasteiger partial charge on any atom is -0.378 e. The molecule has 1 aromatic heterocycles. The molecule has 0 spiro atoms. The highest BCUT2D eigenvalue weighted by molar-refractivity contribution is 7.15. The fourth-order valence-corrected chi connectivity index (χ4v) is 7.45. The molecule has 0 fully saturated rings. The molecule has 5 heteroatoms. The van der Waals surface area contributed by atoms with Crippen LogP contribution in [0.3, 0.4) is 0 Å². The van der Waals surface area contributed by atoms with Crippen LogP contribution in [0.15, 0.2) is 127 Å². The molecule has 1 heterocycles. The van der Waals surface area contributed by atoms with Gasteiger partial charge >= 0.3 is 0 Å². The predicted octanol–water partition coefficient (Wildman–Crippen LogP) is 9.80. The summed E-state index contributed by atoms with van der Waals surface area (Å²) in [5, 5.41) is 12.8. The van der Waals surface area contributed by atoms with Crippen molar-refractivity contribution in [3.8, 4) is 10.4 Å². The van der Waals surface area contributed by atoms with Gasteiger partial charge in [0.05, 0.1) is 19.3 Å². The second-order valence-electron chi connectivity index (χ2n) is 12.3. The third-order valence-corrected chi connectivity index (χ3v) is 10.3. The molecule has 4 aromatic carbocycles. The summed E-state index contributed by atoms with van der Waals surface area (Å²) in [6.45, 7) is 7.23. The summed E-state index contributed by atoms with van der Waals surface area (Å²) in [5.41, 5.74) is 6.00. The molecule has 4 atom stereocenters. The van der Waals surface area contributed by atoms with E-state index in [1.165, 1.54) is 17.0 Å². The first kappa shape index (κ1) is 32.1. The van der Waals surface area contributed by atoms with Crippen LogP contribution in [0, 0.1) is 18.7 Å². The molecule has 3 nitrogen and oxygen atoms in total. The van der Waals surface area contributed by atoms with Crippen molar-refractivity contribution < 1.29 is 19.0 Å². The van der Waals surface area contributed by atoms with Crippen molar-refractivity contribution in [2.45, 2.75) is 64.6 Å². The topological polar surface area (TPSA) is 38.7 Å². The molecule has 0 saturated carbocycles. The highest BCUT2D eigenvalue weighted by Crippen LogP contribution is 2.44. The second kappa shape index (κ2) is 14.3. The first-order chi connectivity index (χ1) is 22.3. The summed E-state index contributed by atoms with van der Waals surface area (Å²) in [5.74, 6) is -0.169. The standard InChI is InChI=1S/C41H41FO3S/c1-4-32-25-41(43,35-18-15-28(2)34(23-35)24-37-21-22-38(46-37)33-16-19-36(42)20-17-33)40(45-27-31-13-9-6-10-14-31)39(29(32)3)44-26-30-11-7-5-8-12-30/h5-23,25,29,39-40,43H,4,24,26-27H2,1-3H3/t29-,39+,40-,41-/m1/s1. The van der Waals surface area contributed by atoms with E-state index < -0.39 is 11.7 Å². The van der Waals surface area contributed by atoms with Gasteiger partial charge in [0.15, 0.2) is 0 Å². The Labute approximate surface area is 276 Å². The van der Waals surface area contributed by atoms with Crippen LogP contribution in [0.2, 0.25) is 0 Å². The van der Waals surface area contributed by atoms with E-state index in [0.717, 1.165) is 56.7 Å². The molecular weight excluding hydrogens is 592 g/mol. The lowest BCUT2D eigenvalue weighted by atomic mass is 9.72. The zero-order valence-electron chi connectivity index (χ0n) is 26.7. The molecule has 0 amide bonds. The van der Waals surface area contributed by atoms with Gasteiger partial charge in [-0.1, -0.05) is 110 Å². The number of hydrogen-bond donors (Lipinski definition) is 1. The average molecular weight is 633 g/mol. The van der Waals surface area contributed by atoms with Crippen LogP contribution in [0.4, 0.5) is 4.39 Å². The minimum atomic E-state index is -1.40. The van der Waals surface area contributed by atoms with Gasteiger partial charge in [-0.25, -0.2) is 4.39 Å². The number of rotatable bonds is 11. The quantitative estimate of drug-likeness (QED) is 0.147. The smallest absolute Gasteiger partial charge is 0.137 e. The summed E-state index contributed by atoms with van der Waals surface area (Å²) in [6.07, 6.45) is 2.56. The average Bonchev–Trinajstić information content (AvgIpc) is 3.55. The van der Waals surface area contributed by atoms with Gasteiger partial charge < -0.3 is 14.6 Å². The van der Waals surface area contributed by atoms with E-state index in [0.29, 0.717) is 13.2 Å². The molecule has 6 rings (SSSR count). The first-order valence-electron chi connectivity index (χ1n) is 16.0. The van der Waals surface area contributed by atoms with Crippen LogP contribution < -0.4 is 0 Å². The molecule has 1 N–H and O–H groups in total. The van der Waals surface area contributed by atoms with Crippen molar-refractivity contribution in [2.24, 2.45) is 5.92 Å². The number of hydrogen-bond acceptors (Lipinski definition) is 4. The van der Waals surface area contributed by atoms with Crippen LogP contribution in [-0.2, 0) is 34.7 Å². The van der Waals surface area contributed by atoms with Gasteiger partial charge in [0.1, 0.15) is 17.5 Å². The highest BCUT2D eigenvalue weighted by atomic mass is 32.1. The third kappa shape index (κ3) is 7.08. The van der Waals surface area contributed by atoms with Gasteiger partial charge in [-0.05, 0) is 77.1 Å². The fraction of sp³-hybridized carbons (Fsp3) is 0.268. The highest BCUT2D eigenvalue weighted by Gasteiger charge is 2.49. The molecule has 1 aliphatic rings. The van der Waals surface area contributed by atoms with Crippen molar-refractivity contribution in [1.29, 1.82) is 0 Å². The Morgan fingerprint density at radius 2 is 1.46 bits per heavy atom. The zero-order valence-corrected chi connectivity index (χ0v) is 27.5. The molecule has 0 radical (unpaired) electrons. The third-order valence-electron chi connectivity index (χ3n) is 9.15. The maximum atomic E-state index is 13.5. The van der Waals surface area contributed by atoms with Crippen molar-refractivity contribution >= 4 is 11.3 Å². The molecule has 0 saturated heterocycles. The Morgan fingerprint density at radius 1 is 0.804 bits per heavy atom. The van der Waals surface area contributed by atoms with Crippen molar-refractivity contribution in [2.75, 3.05) is 0 Å². The molecule has 1 aliphatic carbocycles. The lowest BCUT2D eigenvalue weighted by molar-refractivity contribution is -0.180. The summed E-state index contributed by atoms with van der Waals surface area (Å²) >= 11 is 1.71. The molecular formula is C41H41FO3S. The van der Waals surface area contributed by atoms with Crippen LogP contribution in [-0.4, -0.2) is 17.3 Å². The van der Waals surface area contributed by atoms with E-state index in [-0.39, 0.29) is 17.8 Å². The molecule has 0 aliphatic heterocycles. The molecule has 0 bridgehead atoms. The Balaban J connectivity index is 1.34. The molecule has 5 aromatic rings. The molecule has 0 unspecified atom stereocenters. The van der Waals surface area contributed by atoms with Crippen LogP contribution >= 0.6 is 11.3 Å². The van der Waals surface area contributed by atoms with Crippen molar-refractivity contribution in [3.63, 3.8) is 0 Å². The van der Waals surface area contributed by atoms with Crippen molar-refractivity contribution in [3.05, 3.63) is 165 Å². The molecule has 236 valence electrons. The SMILES string of the molecule is CCC1=C[C@@](O)(c2ccc(C)c(Cc3ccc(-c4ccc(F)cc4)s3)c2)[C@H](OCc2ccccc2)[C@@H](OCc2ccccc2)[C@@H]1C. The van der Waals surface area contributed by atoms with Gasteiger partial charge in [0.25, 0.3) is 0 Å². The van der Waals surface area contributed by atoms with Crippen LogP contribution in [0.1, 0.15) is 53.0 Å². The zero-order chi connectivity index (χ0) is 32.1. The Morgan fingerprint density at radius 3 is 2.11 bits per heavy atom. The lowest BCUT2D eigenvalue weighted by Gasteiger charge is -2.46. The second-order valence-corrected chi connectivity index (χ2v) is 13.4. The number of aliphatic hydroxyl groups is 1. The number of ether oxygens (including phenoxy) is 2. The fourth-order valence-electron chi connectivity index (χ4n) is 6.41. The van der Waals surface area contributed by atoms with Crippen LogP contribution in [0.5, 0.6) is 0 Å². The predicted molar refractivity (Wildman–Crippen MR) is 185 cm³/mol. The van der Waals surface area contributed by atoms with E-state index in [4.69, 9.17) is 9.47 Å². The number of halogens is 1. The van der Waals surface area contributed by atoms with Gasteiger partial charge in [-0.2, -0.15) is 0 Å².